The Morgan fingerprint density at radius 2 is 0.836 bits per heavy atom. The van der Waals surface area contributed by atoms with Gasteiger partial charge in [-0.25, -0.2) is 0 Å². The van der Waals surface area contributed by atoms with Crippen LogP contribution in [0.5, 0.6) is 0 Å². The molecule has 0 heterocycles. The maximum Gasteiger partial charge on any atom is 0.0726 e. The van der Waals surface area contributed by atoms with Crippen LogP contribution in [0.1, 0.15) is 47.2 Å². The SMILES string of the molecule is CC1(C)c2ccccc2-c2ccc(N(c3ccc4c(c3)C3(c5ccccc5-c5ccccc53)c3cccc(-c5ccccc5)c3-4)c3cc4ccccc4c4ccccc34)cc21. The molecule has 0 aliphatic heterocycles. The van der Waals surface area contributed by atoms with Crippen molar-refractivity contribution in [1.29, 1.82) is 0 Å². The van der Waals surface area contributed by atoms with E-state index in [4.69, 9.17) is 0 Å². The van der Waals surface area contributed by atoms with E-state index in [9.17, 15) is 0 Å². The summed E-state index contributed by atoms with van der Waals surface area (Å²) >= 11 is 0. The molecule has 0 radical (unpaired) electrons. The summed E-state index contributed by atoms with van der Waals surface area (Å²) in [6.45, 7) is 4.76. The molecule has 1 heteroatoms. The molecule has 13 rings (SSSR count). The lowest BCUT2D eigenvalue weighted by molar-refractivity contribution is 0.660. The van der Waals surface area contributed by atoms with Crippen molar-refractivity contribution in [1.82, 2.24) is 0 Å². The molecule has 10 aromatic rings. The second kappa shape index (κ2) is 12.5. The van der Waals surface area contributed by atoms with E-state index >= 15 is 0 Å². The van der Waals surface area contributed by atoms with Crippen molar-refractivity contribution in [2.75, 3.05) is 4.90 Å². The molecule has 10 aromatic carbocycles. The van der Waals surface area contributed by atoms with Gasteiger partial charge in [0.25, 0.3) is 0 Å². The second-order valence-electron chi connectivity index (χ2n) is 17.6. The zero-order valence-electron chi connectivity index (χ0n) is 34.2. The molecule has 1 nitrogen and oxygen atoms in total. The number of benzene rings is 10. The van der Waals surface area contributed by atoms with Crippen LogP contribution < -0.4 is 4.90 Å². The Kier molecular flexibility index (Phi) is 7.06. The van der Waals surface area contributed by atoms with Gasteiger partial charge in [0.1, 0.15) is 0 Å². The van der Waals surface area contributed by atoms with Gasteiger partial charge in [-0.2, -0.15) is 0 Å². The summed E-state index contributed by atoms with van der Waals surface area (Å²) in [6, 6.07) is 79.9. The highest BCUT2D eigenvalue weighted by molar-refractivity contribution is 6.15. The Labute approximate surface area is 356 Å². The van der Waals surface area contributed by atoms with Gasteiger partial charge in [-0.15, -0.1) is 0 Å². The third-order valence-electron chi connectivity index (χ3n) is 14.3. The Bertz CT molecular complexity index is 3420. The first kappa shape index (κ1) is 34.4. The fourth-order valence-corrected chi connectivity index (χ4v) is 11.7. The first-order valence-corrected chi connectivity index (χ1v) is 21.5. The maximum absolute atomic E-state index is 2.55. The van der Waals surface area contributed by atoms with Crippen LogP contribution in [0.2, 0.25) is 0 Å². The minimum atomic E-state index is -0.503. The summed E-state index contributed by atoms with van der Waals surface area (Å²) in [5.74, 6) is 0. The summed E-state index contributed by atoms with van der Waals surface area (Å²) in [6.07, 6.45) is 0. The van der Waals surface area contributed by atoms with E-state index in [2.05, 4.69) is 231 Å². The molecule has 0 fully saturated rings. The van der Waals surface area contributed by atoms with E-state index in [-0.39, 0.29) is 5.41 Å². The zero-order chi connectivity index (χ0) is 40.5. The number of hydrogen-bond donors (Lipinski definition) is 0. The number of hydrogen-bond acceptors (Lipinski definition) is 1. The largest absolute Gasteiger partial charge is 0.310 e. The molecule has 0 atom stereocenters. The van der Waals surface area contributed by atoms with Crippen molar-refractivity contribution >= 4 is 38.6 Å². The van der Waals surface area contributed by atoms with Crippen molar-refractivity contribution in [2.45, 2.75) is 24.7 Å². The van der Waals surface area contributed by atoms with E-state index in [1.54, 1.807) is 0 Å². The predicted octanol–water partition coefficient (Wildman–Crippen LogP) is 15.8. The van der Waals surface area contributed by atoms with E-state index in [0.29, 0.717) is 0 Å². The van der Waals surface area contributed by atoms with Gasteiger partial charge in [-0.3, -0.25) is 0 Å². The molecule has 0 bridgehead atoms. The molecule has 3 aliphatic rings. The van der Waals surface area contributed by atoms with Crippen LogP contribution in [0.3, 0.4) is 0 Å². The Hall–Kier alpha value is -7.48. The highest BCUT2D eigenvalue weighted by Crippen LogP contribution is 2.65. The van der Waals surface area contributed by atoms with Gasteiger partial charge >= 0.3 is 0 Å². The molecule has 0 aromatic heterocycles. The average molecular weight is 776 g/mol. The molecule has 286 valence electrons. The van der Waals surface area contributed by atoms with Gasteiger partial charge < -0.3 is 4.90 Å². The monoisotopic (exact) mass is 775 g/mol. The lowest BCUT2D eigenvalue weighted by Gasteiger charge is -2.33. The third kappa shape index (κ3) is 4.56. The van der Waals surface area contributed by atoms with Gasteiger partial charge in [-0.1, -0.05) is 196 Å². The minimum absolute atomic E-state index is 0.145. The summed E-state index contributed by atoms with van der Waals surface area (Å²) < 4.78 is 0. The van der Waals surface area contributed by atoms with E-state index in [1.165, 1.54) is 105 Å². The third-order valence-corrected chi connectivity index (χ3v) is 14.3. The number of nitrogens with zero attached hydrogens (tertiary/aromatic N) is 1. The van der Waals surface area contributed by atoms with Crippen molar-refractivity contribution in [3.05, 3.63) is 246 Å². The summed E-state index contributed by atoms with van der Waals surface area (Å²) in [4.78, 5) is 2.55. The van der Waals surface area contributed by atoms with Gasteiger partial charge in [-0.05, 0) is 124 Å². The zero-order valence-corrected chi connectivity index (χ0v) is 34.2. The van der Waals surface area contributed by atoms with Crippen molar-refractivity contribution < 1.29 is 0 Å². The summed E-state index contributed by atoms with van der Waals surface area (Å²) in [5, 5.41) is 4.98. The quantitative estimate of drug-likeness (QED) is 0.161. The Balaban J connectivity index is 1.14. The lowest BCUT2D eigenvalue weighted by Crippen LogP contribution is -2.26. The Morgan fingerprint density at radius 1 is 0.328 bits per heavy atom. The second-order valence-corrected chi connectivity index (χ2v) is 17.6. The van der Waals surface area contributed by atoms with Crippen LogP contribution in [0.4, 0.5) is 17.1 Å². The van der Waals surface area contributed by atoms with Crippen molar-refractivity contribution in [3.8, 4) is 44.5 Å². The van der Waals surface area contributed by atoms with Crippen LogP contribution in [0.25, 0.3) is 66.1 Å². The first-order chi connectivity index (χ1) is 30.0. The topological polar surface area (TPSA) is 3.24 Å². The molecule has 0 saturated carbocycles. The van der Waals surface area contributed by atoms with Gasteiger partial charge in [0, 0.05) is 22.2 Å². The molecule has 0 N–H and O–H groups in total. The highest BCUT2D eigenvalue weighted by Gasteiger charge is 2.52. The van der Waals surface area contributed by atoms with E-state index in [1.807, 2.05) is 0 Å². The summed E-state index contributed by atoms with van der Waals surface area (Å²) in [5.41, 5.74) is 21.3. The molecule has 3 aliphatic carbocycles. The maximum atomic E-state index is 2.55. The fourth-order valence-electron chi connectivity index (χ4n) is 11.7. The van der Waals surface area contributed by atoms with Gasteiger partial charge in [0.15, 0.2) is 0 Å². The normalized spacial score (nSPS) is 14.3. The molecule has 0 unspecified atom stereocenters. The summed E-state index contributed by atoms with van der Waals surface area (Å²) in [7, 11) is 0. The highest BCUT2D eigenvalue weighted by atomic mass is 15.1. The van der Waals surface area contributed by atoms with Crippen molar-refractivity contribution in [2.24, 2.45) is 0 Å². The van der Waals surface area contributed by atoms with Gasteiger partial charge in [0.05, 0.1) is 11.1 Å². The molecule has 0 saturated heterocycles. The molecule has 0 amide bonds. The van der Waals surface area contributed by atoms with Crippen LogP contribution in [-0.4, -0.2) is 0 Å². The standard InChI is InChI=1S/C60H41N/c1-59(2)51-27-13-10-22-45(51)48-33-31-40(36-55(48)59)61(57-35-39-19-6-7-20-42(39)44-21-8-9-25-49(44)57)41-32-34-50-56(37-41)60(52-28-14-11-23-46(52)47-24-12-15-29-53(47)60)54-30-16-26-43(58(50)54)38-17-4-3-5-18-38/h3-37H,1-2H3. The van der Waals surface area contributed by atoms with E-state index in [0.717, 1.165) is 11.4 Å². The number of anilines is 3. The minimum Gasteiger partial charge on any atom is -0.310 e. The molecule has 61 heavy (non-hydrogen) atoms. The number of fused-ring (bicyclic) bond motifs is 16. The van der Waals surface area contributed by atoms with E-state index < -0.39 is 5.41 Å². The fraction of sp³-hybridized carbons (Fsp3) is 0.0667. The Morgan fingerprint density at radius 3 is 1.56 bits per heavy atom. The van der Waals surface area contributed by atoms with Crippen LogP contribution >= 0.6 is 0 Å². The molecular weight excluding hydrogens is 735 g/mol. The smallest absolute Gasteiger partial charge is 0.0726 e. The number of rotatable bonds is 4. The van der Waals surface area contributed by atoms with Crippen molar-refractivity contribution in [3.63, 3.8) is 0 Å². The van der Waals surface area contributed by atoms with Crippen LogP contribution in [0.15, 0.2) is 212 Å². The van der Waals surface area contributed by atoms with Crippen LogP contribution in [0, 0.1) is 0 Å². The predicted molar refractivity (Wildman–Crippen MR) is 255 cm³/mol. The van der Waals surface area contributed by atoms with Crippen LogP contribution in [-0.2, 0) is 10.8 Å². The van der Waals surface area contributed by atoms with Gasteiger partial charge in [0.2, 0.25) is 0 Å². The molecule has 1 spiro atoms. The average Bonchev–Trinajstić information content (AvgIpc) is 3.88. The first-order valence-electron chi connectivity index (χ1n) is 21.5. The lowest BCUT2D eigenvalue weighted by atomic mass is 9.70. The molecular formula is C60H41N.